The van der Waals surface area contributed by atoms with E-state index in [1.165, 1.54) is 22.3 Å². The van der Waals surface area contributed by atoms with Gasteiger partial charge in [-0.1, -0.05) is 60.7 Å². The number of alkyl halides is 1. The molecule has 1 amide bonds. The predicted molar refractivity (Wildman–Crippen MR) is 109 cm³/mol. The third kappa shape index (κ3) is 3.52. The molecule has 0 heterocycles. The molecule has 2 aromatic rings. The molecule has 0 aromatic heterocycles. The lowest BCUT2D eigenvalue weighted by atomic mass is 9.98. The summed E-state index contributed by atoms with van der Waals surface area (Å²) in [6.07, 6.45) is 4.49. The Labute approximate surface area is 164 Å². The largest absolute Gasteiger partial charge is 0.449 e. The average Bonchev–Trinajstić information content (AvgIpc) is 3.00. The van der Waals surface area contributed by atoms with Crippen molar-refractivity contribution in [3.05, 3.63) is 83.0 Å². The van der Waals surface area contributed by atoms with E-state index in [1.54, 1.807) is 0 Å². The van der Waals surface area contributed by atoms with Crippen LogP contribution in [0.15, 0.2) is 71.8 Å². The van der Waals surface area contributed by atoms with E-state index >= 15 is 0 Å². The van der Waals surface area contributed by atoms with Crippen molar-refractivity contribution in [3.63, 3.8) is 0 Å². The zero-order valence-corrected chi connectivity index (χ0v) is 16.0. The Kier molecular flexibility index (Phi) is 5.04. The topological polar surface area (TPSA) is 38.3 Å². The molecule has 3 nitrogen and oxygen atoms in total. The average molecular weight is 380 g/mol. The minimum atomic E-state index is -0.407. The minimum Gasteiger partial charge on any atom is -0.449 e. The quantitative estimate of drug-likeness (QED) is 0.721. The Morgan fingerprint density at radius 3 is 2.37 bits per heavy atom. The molecule has 138 valence electrons. The van der Waals surface area contributed by atoms with Crippen LogP contribution in [0.5, 0.6) is 0 Å². The number of alkyl carbamates (subject to hydrolysis) is 1. The zero-order chi connectivity index (χ0) is 18.8. The van der Waals surface area contributed by atoms with Crippen LogP contribution >= 0.6 is 11.6 Å². The summed E-state index contributed by atoms with van der Waals surface area (Å²) in [5.41, 5.74) is 7.03. The Morgan fingerprint density at radius 1 is 1.11 bits per heavy atom. The normalized spacial score (nSPS) is 18.2. The second-order valence-corrected chi connectivity index (χ2v) is 7.52. The first-order chi connectivity index (χ1) is 13.1. The van der Waals surface area contributed by atoms with Crippen LogP contribution in [0.25, 0.3) is 11.1 Å². The number of ether oxygens (including phenoxy) is 1. The molecule has 1 N–H and O–H groups in total. The fourth-order valence-corrected chi connectivity index (χ4v) is 4.28. The van der Waals surface area contributed by atoms with E-state index in [0.717, 1.165) is 17.6 Å². The minimum absolute atomic E-state index is 0.0658. The smallest absolute Gasteiger partial charge is 0.407 e. The molecule has 0 fully saturated rings. The van der Waals surface area contributed by atoms with Gasteiger partial charge in [0.2, 0.25) is 0 Å². The van der Waals surface area contributed by atoms with E-state index in [4.69, 9.17) is 16.3 Å². The second kappa shape index (κ2) is 7.61. The highest BCUT2D eigenvalue weighted by molar-refractivity contribution is 6.22. The summed E-state index contributed by atoms with van der Waals surface area (Å²) >= 11 is 6.35. The highest BCUT2D eigenvalue weighted by Gasteiger charge is 2.29. The summed E-state index contributed by atoms with van der Waals surface area (Å²) in [4.78, 5) is 12.3. The molecule has 0 aliphatic heterocycles. The molecular weight excluding hydrogens is 358 g/mol. The van der Waals surface area contributed by atoms with Gasteiger partial charge in [-0.25, -0.2) is 4.79 Å². The van der Waals surface area contributed by atoms with Crippen LogP contribution < -0.4 is 5.32 Å². The van der Waals surface area contributed by atoms with E-state index < -0.39 is 6.09 Å². The maximum absolute atomic E-state index is 12.3. The summed E-state index contributed by atoms with van der Waals surface area (Å²) in [5.74, 6) is 0.0718. The molecule has 2 aliphatic rings. The number of hydrogen-bond acceptors (Lipinski definition) is 2. The lowest BCUT2D eigenvalue weighted by molar-refractivity contribution is 0.144. The van der Waals surface area contributed by atoms with Crippen molar-refractivity contribution < 1.29 is 9.53 Å². The summed E-state index contributed by atoms with van der Waals surface area (Å²) < 4.78 is 5.57. The lowest BCUT2D eigenvalue weighted by Gasteiger charge is -2.20. The number of halogens is 1. The van der Waals surface area contributed by atoms with Crippen molar-refractivity contribution in [2.75, 3.05) is 13.2 Å². The molecule has 0 spiro atoms. The van der Waals surface area contributed by atoms with Crippen molar-refractivity contribution in [2.24, 2.45) is 0 Å². The van der Waals surface area contributed by atoms with Crippen LogP contribution in [0.4, 0.5) is 4.79 Å². The number of allylic oxidation sites excluding steroid dienone is 3. The number of fused-ring (bicyclic) bond motifs is 3. The predicted octanol–water partition coefficient (Wildman–Crippen LogP) is 5.41. The van der Waals surface area contributed by atoms with Crippen molar-refractivity contribution in [1.82, 2.24) is 5.32 Å². The molecule has 0 radical (unpaired) electrons. The Balaban J connectivity index is 1.42. The van der Waals surface area contributed by atoms with Crippen molar-refractivity contribution >= 4 is 17.7 Å². The molecule has 4 heteroatoms. The number of carbonyl (C=O) groups is 1. The zero-order valence-electron chi connectivity index (χ0n) is 15.2. The van der Waals surface area contributed by atoms with Crippen molar-refractivity contribution in [3.8, 4) is 11.1 Å². The van der Waals surface area contributed by atoms with Gasteiger partial charge in [-0.05, 0) is 46.7 Å². The number of rotatable bonds is 4. The summed E-state index contributed by atoms with van der Waals surface area (Å²) in [6.45, 7) is 2.75. The first-order valence-electron chi connectivity index (χ1n) is 9.24. The van der Waals surface area contributed by atoms with Crippen LogP contribution in [0.3, 0.4) is 0 Å². The molecular formula is C23H22ClNO2. The summed E-state index contributed by atoms with van der Waals surface area (Å²) in [7, 11) is 0. The van der Waals surface area contributed by atoms with E-state index in [1.807, 2.05) is 37.3 Å². The van der Waals surface area contributed by atoms with Crippen LogP contribution in [0, 0.1) is 0 Å². The van der Waals surface area contributed by atoms with Gasteiger partial charge in [0, 0.05) is 12.5 Å². The molecule has 2 aliphatic carbocycles. The first kappa shape index (κ1) is 17.9. The fraction of sp³-hybridized carbons (Fsp3) is 0.261. The van der Waals surface area contributed by atoms with E-state index in [0.29, 0.717) is 13.2 Å². The van der Waals surface area contributed by atoms with E-state index in [9.17, 15) is 4.79 Å². The van der Waals surface area contributed by atoms with Gasteiger partial charge in [0.05, 0.1) is 5.38 Å². The molecule has 2 aromatic carbocycles. The standard InChI is InChI=1S/C23H22ClNO2/c1-15-7-6-12-22(24)20(15)13-25-23(26)27-14-21-18-10-4-2-8-16(18)17-9-3-5-11-19(17)21/h2-11,21-22H,12-14H2,1H3,(H,25,26). The summed E-state index contributed by atoms with van der Waals surface area (Å²) in [6, 6.07) is 16.6. The Morgan fingerprint density at radius 2 is 1.74 bits per heavy atom. The molecule has 27 heavy (non-hydrogen) atoms. The molecule has 1 atom stereocenters. The Hall–Kier alpha value is -2.52. The van der Waals surface area contributed by atoms with Crippen LogP contribution in [-0.4, -0.2) is 24.6 Å². The molecule has 1 unspecified atom stereocenters. The maximum atomic E-state index is 12.3. The van der Waals surface area contributed by atoms with Gasteiger partial charge in [-0.3, -0.25) is 0 Å². The van der Waals surface area contributed by atoms with Crippen molar-refractivity contribution in [2.45, 2.75) is 24.6 Å². The third-order valence-electron chi connectivity index (χ3n) is 5.36. The number of benzene rings is 2. The van der Waals surface area contributed by atoms with Gasteiger partial charge in [0.15, 0.2) is 0 Å². The Bertz CT molecular complexity index is 886. The highest BCUT2D eigenvalue weighted by Crippen LogP contribution is 2.44. The van der Waals surface area contributed by atoms with Crippen molar-refractivity contribution in [1.29, 1.82) is 0 Å². The molecule has 4 rings (SSSR count). The van der Waals surface area contributed by atoms with Gasteiger partial charge in [-0.15, -0.1) is 11.6 Å². The third-order valence-corrected chi connectivity index (χ3v) is 5.80. The maximum Gasteiger partial charge on any atom is 0.407 e. The van der Waals surface area contributed by atoms with Gasteiger partial charge >= 0.3 is 6.09 Å². The summed E-state index contributed by atoms with van der Waals surface area (Å²) in [5, 5.41) is 2.78. The van der Waals surface area contributed by atoms with Gasteiger partial charge in [0.1, 0.15) is 6.61 Å². The molecule has 0 bridgehead atoms. The number of nitrogens with one attached hydrogen (secondary N) is 1. The first-order valence-corrected chi connectivity index (χ1v) is 9.68. The van der Waals surface area contributed by atoms with Gasteiger partial charge in [0.25, 0.3) is 0 Å². The SMILES string of the molecule is CC1=C(CNC(=O)OCC2c3ccccc3-c3ccccc32)C(Cl)CC=C1. The number of hydrogen-bond donors (Lipinski definition) is 1. The van der Waals surface area contributed by atoms with Crippen LogP contribution in [-0.2, 0) is 4.74 Å². The van der Waals surface area contributed by atoms with E-state index in [-0.39, 0.29) is 11.3 Å². The number of carbonyl (C=O) groups excluding carboxylic acids is 1. The monoisotopic (exact) mass is 379 g/mol. The van der Waals surface area contributed by atoms with Gasteiger partial charge in [-0.2, -0.15) is 0 Å². The molecule has 0 saturated heterocycles. The molecule has 0 saturated carbocycles. The second-order valence-electron chi connectivity index (χ2n) is 6.99. The van der Waals surface area contributed by atoms with Crippen LogP contribution in [0.1, 0.15) is 30.4 Å². The number of amides is 1. The lowest BCUT2D eigenvalue weighted by Crippen LogP contribution is -2.30. The van der Waals surface area contributed by atoms with Crippen LogP contribution in [0.2, 0.25) is 0 Å². The van der Waals surface area contributed by atoms with Gasteiger partial charge < -0.3 is 10.1 Å². The van der Waals surface area contributed by atoms with E-state index in [2.05, 4.69) is 35.7 Å². The highest BCUT2D eigenvalue weighted by atomic mass is 35.5. The fourth-order valence-electron chi connectivity index (χ4n) is 3.93.